The average Bonchev–Trinajstić information content (AvgIpc) is 3.01. The zero-order chi connectivity index (χ0) is 13.5. The van der Waals surface area contributed by atoms with E-state index in [9.17, 15) is 0 Å². The molecule has 5 nitrogen and oxygen atoms in total. The monoisotopic (exact) mass is 261 g/mol. The number of ether oxygens (including phenoxy) is 1. The summed E-state index contributed by atoms with van der Waals surface area (Å²) in [4.78, 5) is 18.9. The summed E-state index contributed by atoms with van der Waals surface area (Å²) in [6.07, 6.45) is 7.53. The summed E-state index contributed by atoms with van der Waals surface area (Å²) in [5, 5.41) is 0. The lowest BCUT2D eigenvalue weighted by atomic mass is 10.1. The molecule has 0 bridgehead atoms. The zero-order valence-electron chi connectivity index (χ0n) is 11.0. The van der Waals surface area contributed by atoms with Crippen molar-refractivity contribution in [3.05, 3.63) is 30.1 Å². The van der Waals surface area contributed by atoms with E-state index in [1.165, 1.54) is 19.3 Å². The number of rotatable bonds is 1. The van der Waals surface area contributed by atoms with Crippen LogP contribution >= 0.6 is 0 Å². The van der Waals surface area contributed by atoms with E-state index in [0.717, 1.165) is 31.2 Å². The molecule has 1 fully saturated rings. The van der Waals surface area contributed by atoms with Gasteiger partial charge in [0.2, 0.25) is 0 Å². The Morgan fingerprint density at radius 2 is 2.05 bits per heavy atom. The fourth-order valence-corrected chi connectivity index (χ4v) is 2.36. The minimum Gasteiger partial charge on any atom is -0.455 e. The van der Waals surface area contributed by atoms with Crippen molar-refractivity contribution in [1.29, 1.82) is 0 Å². The normalized spacial score (nSPS) is 22.0. The Kier molecular flexibility index (Phi) is 4.89. The Hall–Kier alpha value is -1.91. The summed E-state index contributed by atoms with van der Waals surface area (Å²) in [5.41, 5.74) is 1.11. The first-order valence-corrected chi connectivity index (χ1v) is 6.58. The second-order valence-electron chi connectivity index (χ2n) is 4.56. The van der Waals surface area contributed by atoms with Crippen LogP contribution in [0.5, 0.6) is 0 Å². The maximum atomic E-state index is 8.00. The molecule has 0 radical (unpaired) electrons. The molecule has 102 valence electrons. The van der Waals surface area contributed by atoms with Gasteiger partial charge in [0.05, 0.1) is 6.54 Å². The fourth-order valence-electron chi connectivity index (χ4n) is 2.36. The van der Waals surface area contributed by atoms with Crippen LogP contribution < -0.4 is 0 Å². The van der Waals surface area contributed by atoms with Gasteiger partial charge in [0.25, 0.3) is 6.02 Å². The SMILES string of the molecule is C=O.c1cncc(C2CN=C(N3CCCCC3)O2)c1. The highest BCUT2D eigenvalue weighted by Crippen LogP contribution is 2.24. The van der Waals surface area contributed by atoms with Crippen LogP contribution in [-0.2, 0) is 9.53 Å². The van der Waals surface area contributed by atoms with Crippen LogP contribution in [0.15, 0.2) is 29.5 Å². The molecule has 0 aromatic carbocycles. The molecule has 0 spiro atoms. The van der Waals surface area contributed by atoms with E-state index < -0.39 is 0 Å². The second-order valence-corrected chi connectivity index (χ2v) is 4.56. The number of pyridine rings is 1. The minimum atomic E-state index is 0.0561. The fraction of sp³-hybridized carbons (Fsp3) is 0.500. The Morgan fingerprint density at radius 1 is 1.26 bits per heavy atom. The van der Waals surface area contributed by atoms with Gasteiger partial charge < -0.3 is 14.4 Å². The number of amidine groups is 1. The van der Waals surface area contributed by atoms with Crippen LogP contribution in [0, 0.1) is 0 Å². The summed E-state index contributed by atoms with van der Waals surface area (Å²) in [7, 11) is 0. The standard InChI is InChI=1S/C13H17N3O.CH2O/c1-2-7-16(8-3-1)13-15-10-12(17-13)11-5-4-6-14-9-11;1-2/h4-6,9,12H,1-3,7-8,10H2;1H2. The number of hydrogen-bond acceptors (Lipinski definition) is 5. The van der Waals surface area contributed by atoms with Gasteiger partial charge in [0.1, 0.15) is 12.9 Å². The Balaban J connectivity index is 0.000000637. The molecule has 0 aliphatic carbocycles. The van der Waals surface area contributed by atoms with Gasteiger partial charge in [0, 0.05) is 31.0 Å². The highest BCUT2D eigenvalue weighted by atomic mass is 16.5. The summed E-state index contributed by atoms with van der Waals surface area (Å²) in [5.74, 6) is 0. The molecule has 2 aliphatic heterocycles. The van der Waals surface area contributed by atoms with Crippen LogP contribution in [0.4, 0.5) is 0 Å². The maximum absolute atomic E-state index is 8.00. The number of aromatic nitrogens is 1. The van der Waals surface area contributed by atoms with Gasteiger partial charge in [0.15, 0.2) is 0 Å². The topological polar surface area (TPSA) is 54.8 Å². The predicted octanol–water partition coefficient (Wildman–Crippen LogP) is 1.81. The molecule has 3 heterocycles. The lowest BCUT2D eigenvalue weighted by molar-refractivity contribution is -0.0979. The number of likely N-dealkylation sites (tertiary alicyclic amines) is 1. The van der Waals surface area contributed by atoms with Gasteiger partial charge >= 0.3 is 0 Å². The molecule has 1 unspecified atom stereocenters. The van der Waals surface area contributed by atoms with Crippen LogP contribution in [-0.4, -0.2) is 42.3 Å². The van der Waals surface area contributed by atoms with Crippen LogP contribution in [0.25, 0.3) is 0 Å². The highest BCUT2D eigenvalue weighted by molar-refractivity contribution is 5.75. The molecule has 1 atom stereocenters. The largest absolute Gasteiger partial charge is 0.455 e. The molecule has 19 heavy (non-hydrogen) atoms. The van der Waals surface area contributed by atoms with Gasteiger partial charge in [-0.1, -0.05) is 6.07 Å². The smallest absolute Gasteiger partial charge is 0.288 e. The van der Waals surface area contributed by atoms with E-state index in [-0.39, 0.29) is 6.10 Å². The molecule has 3 rings (SSSR count). The number of carbonyl (C=O) groups is 1. The van der Waals surface area contributed by atoms with Crippen molar-refractivity contribution in [2.24, 2.45) is 4.99 Å². The van der Waals surface area contributed by atoms with E-state index >= 15 is 0 Å². The molecule has 0 N–H and O–H groups in total. The first-order valence-electron chi connectivity index (χ1n) is 6.58. The maximum Gasteiger partial charge on any atom is 0.288 e. The van der Waals surface area contributed by atoms with Crippen molar-refractivity contribution < 1.29 is 9.53 Å². The third-order valence-corrected chi connectivity index (χ3v) is 3.32. The molecule has 1 aromatic rings. The van der Waals surface area contributed by atoms with E-state index in [1.807, 2.05) is 25.1 Å². The lowest BCUT2D eigenvalue weighted by Gasteiger charge is -2.27. The second kappa shape index (κ2) is 6.87. The van der Waals surface area contributed by atoms with Crippen LogP contribution in [0.1, 0.15) is 30.9 Å². The first kappa shape index (κ1) is 13.5. The number of piperidine rings is 1. The lowest BCUT2D eigenvalue weighted by Crippen LogP contribution is -2.36. The molecule has 0 amide bonds. The molecular weight excluding hydrogens is 242 g/mol. The summed E-state index contributed by atoms with van der Waals surface area (Å²) in [6.45, 7) is 4.88. The molecule has 2 aliphatic rings. The van der Waals surface area contributed by atoms with Gasteiger partial charge in [-0.2, -0.15) is 0 Å². The van der Waals surface area contributed by atoms with E-state index in [2.05, 4.69) is 14.9 Å². The molecule has 0 saturated carbocycles. The van der Waals surface area contributed by atoms with Crippen LogP contribution in [0.3, 0.4) is 0 Å². The number of aliphatic imine (C=N–C) groups is 1. The van der Waals surface area contributed by atoms with E-state index in [0.29, 0.717) is 0 Å². The van der Waals surface area contributed by atoms with Crippen molar-refractivity contribution in [3.8, 4) is 0 Å². The molecule has 1 aromatic heterocycles. The average molecular weight is 261 g/mol. The van der Waals surface area contributed by atoms with Crippen molar-refractivity contribution in [3.63, 3.8) is 0 Å². The van der Waals surface area contributed by atoms with Crippen molar-refractivity contribution in [1.82, 2.24) is 9.88 Å². The first-order chi connectivity index (χ1) is 9.43. The predicted molar refractivity (Wildman–Crippen MR) is 72.9 cm³/mol. The van der Waals surface area contributed by atoms with Crippen molar-refractivity contribution in [2.45, 2.75) is 25.4 Å². The van der Waals surface area contributed by atoms with Crippen molar-refractivity contribution in [2.75, 3.05) is 19.6 Å². The number of carbonyl (C=O) groups excluding carboxylic acids is 1. The summed E-state index contributed by atoms with van der Waals surface area (Å²) in [6, 6.07) is 4.82. The van der Waals surface area contributed by atoms with Gasteiger partial charge in [-0.05, 0) is 25.3 Å². The Labute approximate surface area is 113 Å². The van der Waals surface area contributed by atoms with E-state index in [1.54, 1.807) is 6.20 Å². The minimum absolute atomic E-state index is 0.0561. The molecular formula is C14H19N3O2. The van der Waals surface area contributed by atoms with E-state index in [4.69, 9.17) is 9.53 Å². The zero-order valence-corrected chi connectivity index (χ0v) is 11.0. The Morgan fingerprint density at radius 3 is 2.74 bits per heavy atom. The van der Waals surface area contributed by atoms with Gasteiger partial charge in [-0.3, -0.25) is 4.98 Å². The quantitative estimate of drug-likeness (QED) is 0.773. The molecule has 5 heteroatoms. The third-order valence-electron chi connectivity index (χ3n) is 3.32. The summed E-state index contributed by atoms with van der Waals surface area (Å²) >= 11 is 0. The number of nitrogens with zero attached hydrogens (tertiary/aromatic N) is 3. The van der Waals surface area contributed by atoms with Gasteiger partial charge in [-0.25, -0.2) is 4.99 Å². The summed E-state index contributed by atoms with van der Waals surface area (Å²) < 4.78 is 5.92. The number of hydrogen-bond donors (Lipinski definition) is 0. The Bertz CT molecular complexity index is 416. The van der Waals surface area contributed by atoms with Crippen LogP contribution in [0.2, 0.25) is 0 Å². The molecule has 1 saturated heterocycles. The highest BCUT2D eigenvalue weighted by Gasteiger charge is 2.26. The van der Waals surface area contributed by atoms with Gasteiger partial charge in [-0.15, -0.1) is 0 Å². The van der Waals surface area contributed by atoms with Crippen molar-refractivity contribution >= 4 is 12.8 Å². The third kappa shape index (κ3) is 3.30.